The highest BCUT2D eigenvalue weighted by Crippen LogP contribution is 1.94. The molecule has 2 amide bonds. The van der Waals surface area contributed by atoms with E-state index in [0.717, 1.165) is 6.26 Å². The third-order valence-corrected chi connectivity index (χ3v) is 2.91. The highest BCUT2D eigenvalue weighted by Gasteiger charge is 2.25. The zero-order valence-corrected chi connectivity index (χ0v) is 11.9. The van der Waals surface area contributed by atoms with Crippen molar-refractivity contribution in [2.24, 2.45) is 0 Å². The Labute approximate surface area is 117 Å². The van der Waals surface area contributed by atoms with E-state index in [1.807, 2.05) is 0 Å². The molecule has 0 aliphatic heterocycles. The molecule has 2 N–H and O–H groups in total. The summed E-state index contributed by atoms with van der Waals surface area (Å²) >= 11 is 0. The van der Waals surface area contributed by atoms with E-state index in [1.54, 1.807) is 12.1 Å². The number of carbonyl (C=O) groups is 2. The van der Waals surface area contributed by atoms with Crippen molar-refractivity contribution in [3.05, 3.63) is 12.7 Å². The van der Waals surface area contributed by atoms with Crippen molar-refractivity contribution >= 4 is 21.8 Å². The van der Waals surface area contributed by atoms with Gasteiger partial charge in [0.05, 0.1) is 18.4 Å². The third-order valence-electron chi connectivity index (χ3n) is 1.97. The fourth-order valence-corrected chi connectivity index (χ4v) is 1.99. The maximum atomic E-state index is 11.6. The number of nitrogens with one attached hydrogen (secondary N) is 2. The maximum absolute atomic E-state index is 11.6. The van der Waals surface area contributed by atoms with Gasteiger partial charge in [-0.25, -0.2) is 13.2 Å². The second-order valence-corrected chi connectivity index (χ2v) is 6.06. The summed E-state index contributed by atoms with van der Waals surface area (Å²) in [5, 5.41) is 12.7. The second-order valence-electron chi connectivity index (χ2n) is 3.88. The third kappa shape index (κ3) is 8.93. The molecule has 0 radical (unpaired) electrons. The van der Waals surface area contributed by atoms with Gasteiger partial charge in [0, 0.05) is 6.26 Å². The van der Waals surface area contributed by atoms with Gasteiger partial charge in [0.25, 0.3) is 0 Å². The Bertz CT molecular complexity index is 495. The van der Waals surface area contributed by atoms with Crippen LogP contribution in [0.5, 0.6) is 0 Å². The van der Waals surface area contributed by atoms with Crippen LogP contribution in [0, 0.1) is 11.3 Å². The largest absolute Gasteiger partial charge is 0.449 e. The van der Waals surface area contributed by atoms with Crippen molar-refractivity contribution in [3.8, 4) is 6.07 Å². The van der Waals surface area contributed by atoms with Crippen molar-refractivity contribution in [3.63, 3.8) is 0 Å². The molecule has 1 unspecified atom stereocenters. The number of hydrogen-bond donors (Lipinski definition) is 2. The van der Waals surface area contributed by atoms with Gasteiger partial charge in [0.15, 0.2) is 0 Å². The lowest BCUT2D eigenvalue weighted by Gasteiger charge is -2.16. The van der Waals surface area contributed by atoms with Crippen molar-refractivity contribution in [1.82, 2.24) is 10.6 Å². The van der Waals surface area contributed by atoms with Gasteiger partial charge in [-0.1, -0.05) is 6.08 Å². The number of ether oxygens (including phenoxy) is 1. The predicted octanol–water partition coefficient (Wildman–Crippen LogP) is -0.658. The number of nitriles is 1. The summed E-state index contributed by atoms with van der Waals surface area (Å²) in [6, 6.07) is 0.365. The number of amides is 2. The highest BCUT2D eigenvalue weighted by molar-refractivity contribution is 7.90. The molecule has 0 saturated carbocycles. The summed E-state index contributed by atoms with van der Waals surface area (Å²) in [6.07, 6.45) is 2.00. The van der Waals surface area contributed by atoms with E-state index < -0.39 is 33.6 Å². The van der Waals surface area contributed by atoms with Crippen LogP contribution in [0.15, 0.2) is 12.7 Å². The molecular formula is C11H17N3O5S. The number of hydrogen-bond acceptors (Lipinski definition) is 6. The second kappa shape index (κ2) is 8.92. The summed E-state index contributed by atoms with van der Waals surface area (Å²) in [6.45, 7) is 3.23. The topological polar surface area (TPSA) is 125 Å². The van der Waals surface area contributed by atoms with Crippen LogP contribution in [0.2, 0.25) is 0 Å². The van der Waals surface area contributed by atoms with Gasteiger partial charge in [0.2, 0.25) is 5.91 Å². The first-order valence-corrected chi connectivity index (χ1v) is 7.72. The Morgan fingerprint density at radius 1 is 1.50 bits per heavy atom. The molecule has 1 atom stereocenters. The average molecular weight is 303 g/mol. The number of nitrogens with zero attached hydrogens (tertiary/aromatic N) is 1. The van der Waals surface area contributed by atoms with E-state index >= 15 is 0 Å². The average Bonchev–Trinajstić information content (AvgIpc) is 2.33. The zero-order chi connectivity index (χ0) is 15.6. The Kier molecular flexibility index (Phi) is 8.00. The normalized spacial score (nSPS) is 11.8. The molecule has 0 aromatic heterocycles. The fraction of sp³-hybridized carbons (Fsp3) is 0.545. The fourth-order valence-electron chi connectivity index (χ4n) is 1.15. The number of rotatable bonds is 8. The minimum Gasteiger partial charge on any atom is -0.449 e. The molecule has 0 spiro atoms. The Hall–Kier alpha value is -2.08. The predicted molar refractivity (Wildman–Crippen MR) is 71.4 cm³/mol. The van der Waals surface area contributed by atoms with E-state index in [9.17, 15) is 18.0 Å². The minimum absolute atomic E-state index is 0.0702. The molecule has 20 heavy (non-hydrogen) atoms. The van der Waals surface area contributed by atoms with Crippen LogP contribution in [-0.2, 0) is 19.4 Å². The molecule has 0 rings (SSSR count). The molecule has 8 nitrogen and oxygen atoms in total. The SMILES string of the molecule is C=CCCOC(=O)NC(CS(C)(=O)=O)C(=O)NCC#N. The molecule has 0 aliphatic rings. The van der Waals surface area contributed by atoms with E-state index in [1.165, 1.54) is 0 Å². The first kappa shape index (κ1) is 17.9. The molecule has 0 aliphatic carbocycles. The molecule has 9 heteroatoms. The van der Waals surface area contributed by atoms with Crippen LogP contribution in [0.1, 0.15) is 6.42 Å². The van der Waals surface area contributed by atoms with Gasteiger partial charge in [-0.3, -0.25) is 4.79 Å². The maximum Gasteiger partial charge on any atom is 0.407 e. The van der Waals surface area contributed by atoms with E-state index in [2.05, 4.69) is 17.2 Å². The quantitative estimate of drug-likeness (QED) is 0.348. The lowest BCUT2D eigenvalue weighted by molar-refractivity contribution is -0.122. The van der Waals surface area contributed by atoms with Crippen LogP contribution >= 0.6 is 0 Å². The van der Waals surface area contributed by atoms with Crippen LogP contribution < -0.4 is 10.6 Å². The van der Waals surface area contributed by atoms with E-state index in [4.69, 9.17) is 10.00 Å². The summed E-state index contributed by atoms with van der Waals surface area (Å²) in [4.78, 5) is 23.0. The Morgan fingerprint density at radius 3 is 2.65 bits per heavy atom. The highest BCUT2D eigenvalue weighted by atomic mass is 32.2. The molecule has 0 aromatic rings. The standard InChI is InChI=1S/C11H17N3O5S/c1-3-4-7-19-11(16)14-9(8-20(2,17)18)10(15)13-6-5-12/h3,9H,1,4,6-8H2,2H3,(H,13,15)(H,14,16). The first-order valence-electron chi connectivity index (χ1n) is 5.66. The van der Waals surface area contributed by atoms with Gasteiger partial charge in [-0.05, 0) is 6.42 Å². The molecule has 112 valence electrons. The molecular weight excluding hydrogens is 286 g/mol. The lowest BCUT2D eigenvalue weighted by atomic mass is 10.3. The molecule has 0 aromatic carbocycles. The van der Waals surface area contributed by atoms with Crippen molar-refractivity contribution in [1.29, 1.82) is 5.26 Å². The molecule has 0 heterocycles. The van der Waals surface area contributed by atoms with Gasteiger partial charge >= 0.3 is 6.09 Å². The smallest absolute Gasteiger partial charge is 0.407 e. The zero-order valence-electron chi connectivity index (χ0n) is 11.1. The van der Waals surface area contributed by atoms with Gasteiger partial charge in [0.1, 0.15) is 22.4 Å². The van der Waals surface area contributed by atoms with Crippen LogP contribution in [0.25, 0.3) is 0 Å². The summed E-state index contributed by atoms with van der Waals surface area (Å²) in [5.41, 5.74) is 0. The van der Waals surface area contributed by atoms with E-state index in [-0.39, 0.29) is 13.2 Å². The number of sulfone groups is 1. The molecule has 0 fully saturated rings. The van der Waals surface area contributed by atoms with Crippen LogP contribution in [0.4, 0.5) is 4.79 Å². The Balaban J connectivity index is 4.60. The first-order chi connectivity index (χ1) is 9.30. The summed E-state index contributed by atoms with van der Waals surface area (Å²) in [5.74, 6) is -1.35. The summed E-state index contributed by atoms with van der Waals surface area (Å²) in [7, 11) is -3.49. The number of carbonyl (C=O) groups excluding carboxylic acids is 2. The minimum atomic E-state index is -3.49. The van der Waals surface area contributed by atoms with Crippen LogP contribution in [-0.4, -0.2) is 51.6 Å². The van der Waals surface area contributed by atoms with Crippen molar-refractivity contribution < 1.29 is 22.7 Å². The summed E-state index contributed by atoms with van der Waals surface area (Å²) < 4.78 is 27.1. The van der Waals surface area contributed by atoms with E-state index in [0.29, 0.717) is 6.42 Å². The van der Waals surface area contributed by atoms with Gasteiger partial charge in [-0.15, -0.1) is 6.58 Å². The van der Waals surface area contributed by atoms with Gasteiger partial charge < -0.3 is 15.4 Å². The lowest BCUT2D eigenvalue weighted by Crippen LogP contribution is -2.50. The molecule has 0 bridgehead atoms. The number of alkyl carbamates (subject to hydrolysis) is 1. The van der Waals surface area contributed by atoms with Crippen LogP contribution in [0.3, 0.4) is 0 Å². The molecule has 0 saturated heterocycles. The Morgan fingerprint density at radius 2 is 2.15 bits per heavy atom. The monoisotopic (exact) mass is 303 g/mol. The van der Waals surface area contributed by atoms with Crippen molar-refractivity contribution in [2.45, 2.75) is 12.5 Å². The van der Waals surface area contributed by atoms with Crippen molar-refractivity contribution in [2.75, 3.05) is 25.2 Å². The van der Waals surface area contributed by atoms with Gasteiger partial charge in [-0.2, -0.15) is 5.26 Å².